The van der Waals surface area contributed by atoms with Crippen LogP contribution in [0.25, 0.3) is 5.57 Å². The Labute approximate surface area is 166 Å². The van der Waals surface area contributed by atoms with Gasteiger partial charge in [0.2, 0.25) is 0 Å². The second-order valence-corrected chi connectivity index (χ2v) is 7.64. The zero-order chi connectivity index (χ0) is 19.1. The summed E-state index contributed by atoms with van der Waals surface area (Å²) >= 11 is 6.55. The molecule has 0 spiro atoms. The number of halogens is 2. The molecule has 0 bridgehead atoms. The molecule has 0 saturated carbocycles. The molecule has 27 heavy (non-hydrogen) atoms. The maximum atomic E-state index is 14.6. The van der Waals surface area contributed by atoms with E-state index in [1.807, 2.05) is 42.5 Å². The third kappa shape index (κ3) is 5.34. The van der Waals surface area contributed by atoms with Crippen molar-refractivity contribution in [1.29, 1.82) is 0 Å². The van der Waals surface area contributed by atoms with E-state index < -0.39 is 4.87 Å². The molecule has 1 atom stereocenters. The number of benzene rings is 2. The molecule has 1 unspecified atom stereocenters. The van der Waals surface area contributed by atoms with Crippen molar-refractivity contribution >= 4 is 17.2 Å². The summed E-state index contributed by atoms with van der Waals surface area (Å²) in [6.45, 7) is 2.21. The van der Waals surface area contributed by atoms with Gasteiger partial charge in [-0.3, -0.25) is 0 Å². The molecule has 2 aromatic rings. The molecular weight excluding hydrogens is 355 g/mol. The lowest BCUT2D eigenvalue weighted by atomic mass is 9.91. The third-order valence-corrected chi connectivity index (χ3v) is 5.10. The first-order valence-corrected chi connectivity index (χ1v) is 9.92. The van der Waals surface area contributed by atoms with Crippen molar-refractivity contribution in [1.82, 2.24) is 0 Å². The van der Waals surface area contributed by atoms with Crippen molar-refractivity contribution in [3.8, 4) is 11.8 Å². The number of rotatable bonds is 5. The highest BCUT2D eigenvalue weighted by molar-refractivity contribution is 6.28. The van der Waals surface area contributed by atoms with Crippen LogP contribution in [0.4, 0.5) is 4.39 Å². The van der Waals surface area contributed by atoms with E-state index in [0.29, 0.717) is 5.57 Å². The standard InChI is InChI=1S/C25H24ClF/c1-2-3-5-8-20-11-13-21(14-12-20)15-17-25(26)18-16-23(24(27)19-25)22-9-6-4-7-10-22/h4,6-7,9-14,16,18H,2-3,5,8,19H2,1H3. The van der Waals surface area contributed by atoms with Gasteiger partial charge in [-0.25, -0.2) is 4.39 Å². The van der Waals surface area contributed by atoms with Gasteiger partial charge in [0.1, 0.15) is 10.7 Å². The average Bonchev–Trinajstić information content (AvgIpc) is 2.68. The van der Waals surface area contributed by atoms with Gasteiger partial charge < -0.3 is 0 Å². The molecule has 0 N–H and O–H groups in total. The van der Waals surface area contributed by atoms with Crippen molar-refractivity contribution in [2.45, 2.75) is 43.9 Å². The van der Waals surface area contributed by atoms with Crippen LogP contribution < -0.4 is 0 Å². The monoisotopic (exact) mass is 378 g/mol. The van der Waals surface area contributed by atoms with E-state index in [-0.39, 0.29) is 12.2 Å². The maximum Gasteiger partial charge on any atom is 0.130 e. The van der Waals surface area contributed by atoms with E-state index in [0.717, 1.165) is 17.5 Å². The highest BCUT2D eigenvalue weighted by Gasteiger charge is 2.28. The number of unbranched alkanes of at least 4 members (excludes halogenated alkanes) is 2. The fourth-order valence-corrected chi connectivity index (χ4v) is 3.38. The predicted molar refractivity (Wildman–Crippen MR) is 113 cm³/mol. The Hall–Kier alpha value is -2.30. The Kier molecular flexibility index (Phi) is 6.54. The van der Waals surface area contributed by atoms with E-state index in [2.05, 4.69) is 30.9 Å². The van der Waals surface area contributed by atoms with Gasteiger partial charge >= 0.3 is 0 Å². The molecule has 0 nitrogen and oxygen atoms in total. The molecule has 1 aliphatic rings. The molecule has 0 aromatic heterocycles. The zero-order valence-electron chi connectivity index (χ0n) is 15.6. The Morgan fingerprint density at radius 1 is 1.04 bits per heavy atom. The largest absolute Gasteiger partial charge is 0.211 e. The maximum absolute atomic E-state index is 14.6. The number of aryl methyl sites for hydroxylation is 1. The Bertz CT molecular complexity index is 881. The van der Waals surface area contributed by atoms with Crippen LogP contribution in [0, 0.1) is 11.8 Å². The highest BCUT2D eigenvalue weighted by atomic mass is 35.5. The van der Waals surface area contributed by atoms with Crippen LogP contribution in [0.3, 0.4) is 0 Å². The summed E-state index contributed by atoms with van der Waals surface area (Å²) in [5.74, 6) is 5.92. The molecule has 3 rings (SSSR count). The van der Waals surface area contributed by atoms with E-state index in [9.17, 15) is 4.39 Å². The zero-order valence-corrected chi connectivity index (χ0v) is 16.4. The highest BCUT2D eigenvalue weighted by Crippen LogP contribution is 2.36. The summed E-state index contributed by atoms with van der Waals surface area (Å²) in [7, 11) is 0. The minimum atomic E-state index is -0.998. The molecule has 2 heteroatoms. The summed E-state index contributed by atoms with van der Waals surface area (Å²) in [4.78, 5) is -0.998. The number of allylic oxidation sites excluding steroid dienone is 4. The predicted octanol–water partition coefficient (Wildman–Crippen LogP) is 7.09. The quantitative estimate of drug-likeness (QED) is 0.296. The molecule has 2 aromatic carbocycles. The topological polar surface area (TPSA) is 0 Å². The average molecular weight is 379 g/mol. The smallest absolute Gasteiger partial charge is 0.130 e. The third-order valence-electron chi connectivity index (χ3n) is 4.74. The van der Waals surface area contributed by atoms with Crippen LogP contribution >= 0.6 is 11.6 Å². The molecule has 0 fully saturated rings. The van der Waals surface area contributed by atoms with E-state index in [1.165, 1.54) is 24.8 Å². The van der Waals surface area contributed by atoms with Crippen molar-refractivity contribution in [2.24, 2.45) is 0 Å². The van der Waals surface area contributed by atoms with Crippen LogP contribution in [0.1, 0.15) is 49.3 Å². The molecular formula is C25H24ClF. The Morgan fingerprint density at radius 3 is 2.44 bits per heavy atom. The molecule has 138 valence electrons. The Balaban J connectivity index is 1.69. The van der Waals surface area contributed by atoms with Crippen LogP contribution in [0.15, 0.2) is 72.6 Å². The molecule has 0 radical (unpaired) electrons. The van der Waals surface area contributed by atoms with Crippen molar-refractivity contribution in [3.63, 3.8) is 0 Å². The van der Waals surface area contributed by atoms with Gasteiger partial charge in [0.15, 0.2) is 0 Å². The minimum Gasteiger partial charge on any atom is -0.211 e. The molecule has 0 amide bonds. The lowest BCUT2D eigenvalue weighted by Crippen LogP contribution is -2.19. The van der Waals surface area contributed by atoms with Gasteiger partial charge in [-0.15, -0.1) is 0 Å². The number of hydrogen-bond donors (Lipinski definition) is 0. The summed E-state index contributed by atoms with van der Waals surface area (Å²) in [5.41, 5.74) is 3.68. The normalized spacial score (nSPS) is 18.9. The van der Waals surface area contributed by atoms with Gasteiger partial charge in [0.25, 0.3) is 0 Å². The SMILES string of the molecule is CCCCCc1ccc(C#CC2(Cl)C=CC(c3ccccc3)=C(F)C2)cc1. The van der Waals surface area contributed by atoms with Crippen molar-refractivity contribution in [2.75, 3.05) is 0 Å². The van der Waals surface area contributed by atoms with Crippen molar-refractivity contribution in [3.05, 3.63) is 89.3 Å². The molecule has 0 saturated heterocycles. The Morgan fingerprint density at radius 2 is 1.78 bits per heavy atom. The fraction of sp³-hybridized carbons (Fsp3) is 0.280. The van der Waals surface area contributed by atoms with Crippen LogP contribution in [0.2, 0.25) is 0 Å². The second kappa shape index (κ2) is 9.07. The van der Waals surface area contributed by atoms with Crippen LogP contribution in [-0.4, -0.2) is 4.87 Å². The first-order valence-electron chi connectivity index (χ1n) is 9.54. The molecule has 0 heterocycles. The number of hydrogen-bond acceptors (Lipinski definition) is 0. The summed E-state index contributed by atoms with van der Waals surface area (Å²) < 4.78 is 14.6. The van der Waals surface area contributed by atoms with E-state index in [4.69, 9.17) is 11.6 Å². The summed E-state index contributed by atoms with van der Waals surface area (Å²) in [6, 6.07) is 17.8. The lowest BCUT2D eigenvalue weighted by Gasteiger charge is -2.21. The van der Waals surface area contributed by atoms with Gasteiger partial charge in [-0.1, -0.05) is 97.8 Å². The van der Waals surface area contributed by atoms with Crippen molar-refractivity contribution < 1.29 is 4.39 Å². The molecule has 0 aliphatic heterocycles. The van der Waals surface area contributed by atoms with Gasteiger partial charge in [0.05, 0.1) is 0 Å². The summed E-state index contributed by atoms with van der Waals surface area (Å²) in [6.07, 6.45) is 8.42. The van der Waals surface area contributed by atoms with Gasteiger partial charge in [0, 0.05) is 17.6 Å². The van der Waals surface area contributed by atoms with E-state index in [1.54, 1.807) is 12.2 Å². The number of alkyl halides is 1. The fourth-order valence-electron chi connectivity index (χ4n) is 3.15. The lowest BCUT2D eigenvalue weighted by molar-refractivity contribution is 0.575. The first-order chi connectivity index (χ1) is 13.1. The molecule has 1 aliphatic carbocycles. The summed E-state index contributed by atoms with van der Waals surface area (Å²) in [5, 5.41) is 0. The van der Waals surface area contributed by atoms with Crippen LogP contribution in [0.5, 0.6) is 0 Å². The van der Waals surface area contributed by atoms with E-state index >= 15 is 0 Å². The van der Waals surface area contributed by atoms with Gasteiger partial charge in [-0.2, -0.15) is 0 Å². The second-order valence-electron chi connectivity index (χ2n) is 6.96. The first kappa shape index (κ1) is 19.5. The van der Waals surface area contributed by atoms with Crippen LogP contribution in [-0.2, 0) is 6.42 Å². The van der Waals surface area contributed by atoms with Gasteiger partial charge in [-0.05, 0) is 36.1 Å². The minimum absolute atomic E-state index is 0.0807.